The summed E-state index contributed by atoms with van der Waals surface area (Å²) in [5.74, 6) is -1.17. The Labute approximate surface area is 168 Å². The van der Waals surface area contributed by atoms with Crippen LogP contribution in [0.1, 0.15) is 37.3 Å². The van der Waals surface area contributed by atoms with Crippen LogP contribution in [0.25, 0.3) is 0 Å². The summed E-state index contributed by atoms with van der Waals surface area (Å²) >= 11 is 0. The molecule has 2 N–H and O–H groups in total. The van der Waals surface area contributed by atoms with Gasteiger partial charge in [-0.25, -0.2) is 4.39 Å². The lowest BCUT2D eigenvalue weighted by Gasteiger charge is -2.31. The van der Waals surface area contributed by atoms with E-state index in [1.54, 1.807) is 6.07 Å². The van der Waals surface area contributed by atoms with Crippen LogP contribution in [0.2, 0.25) is 0 Å². The minimum absolute atomic E-state index is 0.0889. The molecule has 1 saturated heterocycles. The van der Waals surface area contributed by atoms with Gasteiger partial charge in [0.1, 0.15) is 6.04 Å². The number of nitrogens with zero attached hydrogens (tertiary/aromatic N) is 2. The Bertz CT molecular complexity index is 725. The Kier molecular flexibility index (Phi) is 8.38. The first kappa shape index (κ1) is 22.6. The Morgan fingerprint density at radius 3 is 2.41 bits per heavy atom. The Balaban J connectivity index is 0.000000941. The zero-order chi connectivity index (χ0) is 21.4. The molecule has 1 aromatic rings. The van der Waals surface area contributed by atoms with Crippen molar-refractivity contribution in [3.63, 3.8) is 0 Å². The van der Waals surface area contributed by atoms with Gasteiger partial charge >= 0.3 is 5.97 Å². The number of carbonyl (C=O) groups is 3. The minimum Gasteiger partial charge on any atom is -0.494 e. The molecule has 29 heavy (non-hydrogen) atoms. The first-order valence-corrected chi connectivity index (χ1v) is 9.59. The molecule has 0 spiro atoms. The highest BCUT2D eigenvalue weighted by molar-refractivity contribution is 5.79. The highest BCUT2D eigenvalue weighted by Crippen LogP contribution is 2.30. The number of carbonyl (C=O) groups excluding carboxylic acids is 1. The van der Waals surface area contributed by atoms with Gasteiger partial charge in [0, 0.05) is 32.1 Å². The lowest BCUT2D eigenvalue weighted by Crippen LogP contribution is -2.42. The van der Waals surface area contributed by atoms with E-state index in [1.807, 2.05) is 9.80 Å². The number of hydrogen-bond donors (Lipinski definition) is 2. The van der Waals surface area contributed by atoms with E-state index in [4.69, 9.17) is 14.6 Å². The number of hydrogen-bond acceptors (Lipinski definition) is 5. The third-order valence-corrected chi connectivity index (χ3v) is 5.39. The van der Waals surface area contributed by atoms with E-state index < -0.39 is 17.8 Å². The number of carboxylic acids is 1. The van der Waals surface area contributed by atoms with Crippen LogP contribution in [-0.2, 0) is 14.4 Å². The molecule has 2 fully saturated rings. The fourth-order valence-electron chi connectivity index (χ4n) is 3.69. The van der Waals surface area contributed by atoms with Gasteiger partial charge < -0.3 is 19.8 Å². The summed E-state index contributed by atoms with van der Waals surface area (Å²) < 4.78 is 18.9. The topological polar surface area (TPSA) is 107 Å². The summed E-state index contributed by atoms with van der Waals surface area (Å²) in [4.78, 5) is 36.4. The Morgan fingerprint density at radius 1 is 1.21 bits per heavy atom. The number of amides is 1. The molecule has 1 aliphatic heterocycles. The zero-order valence-electron chi connectivity index (χ0n) is 16.4. The van der Waals surface area contributed by atoms with Crippen molar-refractivity contribution in [3.8, 4) is 5.75 Å². The van der Waals surface area contributed by atoms with Crippen LogP contribution in [-0.4, -0.2) is 71.7 Å². The van der Waals surface area contributed by atoms with Crippen molar-refractivity contribution < 1.29 is 33.7 Å². The van der Waals surface area contributed by atoms with Crippen LogP contribution in [0.15, 0.2) is 18.2 Å². The van der Waals surface area contributed by atoms with Crippen molar-refractivity contribution in [3.05, 3.63) is 29.6 Å². The molecule has 0 radical (unpaired) electrons. The van der Waals surface area contributed by atoms with Crippen molar-refractivity contribution in [1.29, 1.82) is 0 Å². The molecule has 1 aliphatic carbocycles. The highest BCUT2D eigenvalue weighted by atomic mass is 19.1. The second kappa shape index (κ2) is 10.8. The third kappa shape index (κ3) is 5.66. The Hall–Kier alpha value is -2.68. The van der Waals surface area contributed by atoms with Gasteiger partial charge in [0.05, 0.1) is 7.11 Å². The number of carboxylic acid groups (broad SMARTS) is 2. The van der Waals surface area contributed by atoms with E-state index in [0.717, 1.165) is 19.3 Å². The minimum atomic E-state index is -1.02. The van der Waals surface area contributed by atoms with Gasteiger partial charge in [0.15, 0.2) is 11.6 Å². The van der Waals surface area contributed by atoms with Crippen molar-refractivity contribution in [2.24, 2.45) is 5.92 Å². The first-order valence-electron chi connectivity index (χ1n) is 9.59. The largest absolute Gasteiger partial charge is 0.494 e. The van der Waals surface area contributed by atoms with Gasteiger partial charge in [0.25, 0.3) is 6.47 Å². The van der Waals surface area contributed by atoms with Crippen molar-refractivity contribution in [2.75, 3.05) is 33.3 Å². The maximum atomic E-state index is 14.0. The van der Waals surface area contributed by atoms with Crippen LogP contribution in [0, 0.1) is 11.7 Å². The van der Waals surface area contributed by atoms with Crippen molar-refractivity contribution in [1.82, 2.24) is 9.80 Å². The summed E-state index contributed by atoms with van der Waals surface area (Å²) in [6.45, 7) is 1.93. The van der Waals surface area contributed by atoms with E-state index in [-0.39, 0.29) is 24.0 Å². The number of ether oxygens (including phenoxy) is 1. The molecule has 0 bridgehead atoms. The van der Waals surface area contributed by atoms with E-state index >= 15 is 0 Å². The zero-order valence-corrected chi connectivity index (χ0v) is 16.4. The van der Waals surface area contributed by atoms with Crippen LogP contribution in [0.3, 0.4) is 0 Å². The summed E-state index contributed by atoms with van der Waals surface area (Å²) in [6.07, 6.45) is 3.74. The average Bonchev–Trinajstić information content (AvgIpc) is 2.87. The molecular weight excluding hydrogens is 383 g/mol. The van der Waals surface area contributed by atoms with Crippen LogP contribution in [0.4, 0.5) is 4.39 Å². The summed E-state index contributed by atoms with van der Waals surface area (Å²) in [6, 6.07) is 3.32. The molecule has 160 valence electrons. The predicted octanol–water partition coefficient (Wildman–Crippen LogP) is 2.00. The second-order valence-electron chi connectivity index (χ2n) is 7.08. The van der Waals surface area contributed by atoms with E-state index in [0.29, 0.717) is 38.2 Å². The van der Waals surface area contributed by atoms with E-state index in [9.17, 15) is 19.1 Å². The van der Waals surface area contributed by atoms with E-state index in [1.165, 1.54) is 19.2 Å². The van der Waals surface area contributed by atoms with Crippen molar-refractivity contribution in [2.45, 2.75) is 31.7 Å². The molecule has 1 saturated carbocycles. The number of aliphatic carboxylic acids is 1. The summed E-state index contributed by atoms with van der Waals surface area (Å²) in [5.41, 5.74) is 0.384. The molecule has 1 unspecified atom stereocenters. The summed E-state index contributed by atoms with van der Waals surface area (Å²) in [5, 5.41) is 16.6. The molecule has 0 aromatic heterocycles. The molecule has 8 nitrogen and oxygen atoms in total. The van der Waals surface area contributed by atoms with Crippen LogP contribution >= 0.6 is 0 Å². The normalized spacial score (nSPS) is 18.5. The fourth-order valence-corrected chi connectivity index (χ4v) is 3.69. The maximum absolute atomic E-state index is 14.0. The molecule has 2 aliphatic rings. The van der Waals surface area contributed by atoms with Gasteiger partial charge in [-0.05, 0) is 37.0 Å². The average molecular weight is 410 g/mol. The Morgan fingerprint density at radius 2 is 1.90 bits per heavy atom. The smallest absolute Gasteiger partial charge is 0.325 e. The molecule has 1 aromatic carbocycles. The van der Waals surface area contributed by atoms with Gasteiger partial charge in [-0.3, -0.25) is 19.3 Å². The molecular formula is C20H27FN2O6. The van der Waals surface area contributed by atoms with Crippen molar-refractivity contribution >= 4 is 18.3 Å². The van der Waals surface area contributed by atoms with Gasteiger partial charge in [-0.1, -0.05) is 12.5 Å². The predicted molar refractivity (Wildman–Crippen MR) is 102 cm³/mol. The monoisotopic (exact) mass is 410 g/mol. The number of rotatable bonds is 5. The lowest BCUT2D eigenvalue weighted by atomic mass is 9.84. The van der Waals surface area contributed by atoms with Gasteiger partial charge in [-0.15, -0.1) is 0 Å². The number of benzene rings is 1. The fraction of sp³-hybridized carbons (Fsp3) is 0.550. The lowest BCUT2D eigenvalue weighted by molar-refractivity contribution is -0.143. The number of methoxy groups -OCH3 is 1. The highest BCUT2D eigenvalue weighted by Gasteiger charge is 2.33. The van der Waals surface area contributed by atoms with Crippen LogP contribution < -0.4 is 4.74 Å². The first-order chi connectivity index (χ1) is 13.9. The standard InChI is InChI=1S/C19H25FN2O4.CH2O2/c1-26-16-7-6-14(12-15(16)20)17(19(24)25)21-8-3-9-22(11-10-21)18(23)13-4-2-5-13;2-1-3/h6-7,12-13,17H,2-5,8-11H2,1H3,(H,24,25);1H,(H,2,3). The van der Waals surface area contributed by atoms with Gasteiger partial charge in [0.2, 0.25) is 5.91 Å². The second-order valence-corrected chi connectivity index (χ2v) is 7.08. The maximum Gasteiger partial charge on any atom is 0.325 e. The quantitative estimate of drug-likeness (QED) is 0.715. The number of halogens is 1. The molecule has 1 heterocycles. The SMILES string of the molecule is COc1ccc(C(C(=O)O)N2CCCN(C(=O)C3CCC3)CC2)cc1F.O=CO. The molecule has 1 atom stereocenters. The molecule has 1 amide bonds. The summed E-state index contributed by atoms with van der Waals surface area (Å²) in [7, 11) is 1.37. The van der Waals surface area contributed by atoms with Gasteiger partial charge in [-0.2, -0.15) is 0 Å². The molecule has 3 rings (SSSR count). The van der Waals surface area contributed by atoms with E-state index in [2.05, 4.69) is 0 Å². The van der Waals surface area contributed by atoms with Crippen LogP contribution in [0.5, 0.6) is 5.75 Å². The molecule has 9 heteroatoms. The third-order valence-electron chi connectivity index (χ3n) is 5.39.